The van der Waals surface area contributed by atoms with Crippen molar-refractivity contribution in [3.63, 3.8) is 0 Å². The third-order valence-electron chi connectivity index (χ3n) is 10.3. The number of carbonyl (C=O) groups is 3. The van der Waals surface area contributed by atoms with Gasteiger partial charge >= 0.3 is 6.03 Å². The smallest absolute Gasteiger partial charge is 0.322 e. The van der Waals surface area contributed by atoms with Crippen LogP contribution in [-0.2, 0) is 27.3 Å². The molecular formula is C35H47N5O6. The zero-order valence-electron chi connectivity index (χ0n) is 27.0. The number of rotatable bonds is 7. The quantitative estimate of drug-likeness (QED) is 0.398. The molecule has 4 heterocycles. The van der Waals surface area contributed by atoms with Gasteiger partial charge in [0.25, 0.3) is 0 Å². The average molecular weight is 634 g/mol. The summed E-state index contributed by atoms with van der Waals surface area (Å²) in [5.41, 5.74) is 4.05. The fourth-order valence-corrected chi connectivity index (χ4v) is 7.65. The van der Waals surface area contributed by atoms with Crippen LogP contribution in [0.2, 0.25) is 0 Å². The minimum atomic E-state index is -0.500. The van der Waals surface area contributed by atoms with Gasteiger partial charge in [-0.2, -0.15) is 0 Å². The maximum atomic E-state index is 14.1. The highest BCUT2D eigenvalue weighted by Gasteiger charge is 2.36. The van der Waals surface area contributed by atoms with Crippen LogP contribution < -0.4 is 5.32 Å². The van der Waals surface area contributed by atoms with Crippen molar-refractivity contribution in [3.05, 3.63) is 52.6 Å². The predicted molar refractivity (Wildman–Crippen MR) is 174 cm³/mol. The summed E-state index contributed by atoms with van der Waals surface area (Å²) < 4.78 is 5.54. The molecule has 0 bridgehead atoms. The van der Waals surface area contributed by atoms with E-state index in [0.29, 0.717) is 63.7 Å². The number of likely N-dealkylation sites (tertiary alicyclic amines) is 1. The van der Waals surface area contributed by atoms with E-state index in [-0.39, 0.29) is 41.8 Å². The molecule has 11 heteroatoms. The summed E-state index contributed by atoms with van der Waals surface area (Å²) in [6, 6.07) is 9.12. The summed E-state index contributed by atoms with van der Waals surface area (Å²) in [4.78, 5) is 48.8. The Morgan fingerprint density at radius 1 is 0.891 bits per heavy atom. The highest BCUT2D eigenvalue weighted by Crippen LogP contribution is 2.31. The molecule has 4 aliphatic heterocycles. The fourth-order valence-electron chi connectivity index (χ4n) is 7.65. The molecule has 2 aromatic rings. The van der Waals surface area contributed by atoms with Crippen molar-refractivity contribution in [2.24, 2.45) is 5.92 Å². The first-order valence-electron chi connectivity index (χ1n) is 16.7. The molecule has 4 amide bonds. The number of carbonyl (C=O) groups excluding carboxylic acids is 3. The summed E-state index contributed by atoms with van der Waals surface area (Å²) in [6.07, 6.45) is 3.91. The Balaban J connectivity index is 1.09. The molecule has 0 aromatic heterocycles. The number of hydrogen-bond acceptors (Lipinski definition) is 7. The number of anilines is 1. The van der Waals surface area contributed by atoms with Crippen molar-refractivity contribution in [2.45, 2.75) is 71.0 Å². The number of ether oxygens (including phenoxy) is 1. The molecule has 0 aliphatic carbocycles. The van der Waals surface area contributed by atoms with E-state index in [9.17, 15) is 24.6 Å². The molecule has 1 atom stereocenters. The Morgan fingerprint density at radius 2 is 1.57 bits per heavy atom. The van der Waals surface area contributed by atoms with Crippen LogP contribution in [0.3, 0.4) is 0 Å². The van der Waals surface area contributed by atoms with Gasteiger partial charge in [0.2, 0.25) is 11.8 Å². The van der Waals surface area contributed by atoms with Crippen LogP contribution in [0.5, 0.6) is 11.5 Å². The Bertz CT molecular complexity index is 1420. The average Bonchev–Trinajstić information content (AvgIpc) is 3.07. The summed E-state index contributed by atoms with van der Waals surface area (Å²) in [5, 5.41) is 23.2. The van der Waals surface area contributed by atoms with Crippen LogP contribution in [0.25, 0.3) is 0 Å². The van der Waals surface area contributed by atoms with Gasteiger partial charge < -0.3 is 35.0 Å². The van der Waals surface area contributed by atoms with Crippen molar-refractivity contribution in [1.29, 1.82) is 0 Å². The minimum absolute atomic E-state index is 0.0187. The number of piperidine rings is 1. The second-order valence-corrected chi connectivity index (χ2v) is 13.4. The molecule has 3 saturated heterocycles. The van der Waals surface area contributed by atoms with Gasteiger partial charge in [-0.05, 0) is 86.4 Å². The summed E-state index contributed by atoms with van der Waals surface area (Å²) in [5.74, 6) is -0.0932. The van der Waals surface area contributed by atoms with Crippen molar-refractivity contribution in [1.82, 2.24) is 19.6 Å². The molecule has 46 heavy (non-hydrogen) atoms. The SMILES string of the molecule is Cc1cc(C[C@@H](CC(=O)N2CCC(N3Cc4cc(O)ccc4NC3=O)CC2)C(=O)N2CCN(C3CCOCC3)CC2)cc(C)c1O. The van der Waals surface area contributed by atoms with E-state index in [0.717, 1.165) is 61.4 Å². The highest BCUT2D eigenvalue weighted by molar-refractivity contribution is 5.92. The Kier molecular flexibility index (Phi) is 9.70. The zero-order valence-corrected chi connectivity index (χ0v) is 27.0. The number of nitrogens with zero attached hydrogens (tertiary/aromatic N) is 4. The van der Waals surface area contributed by atoms with Gasteiger partial charge in [0.05, 0.1) is 5.92 Å². The van der Waals surface area contributed by atoms with Crippen LogP contribution in [0.15, 0.2) is 30.3 Å². The van der Waals surface area contributed by atoms with Gasteiger partial charge in [-0.1, -0.05) is 12.1 Å². The minimum Gasteiger partial charge on any atom is -0.508 e. The number of phenolic OH excluding ortho intramolecular Hbond substituents is 2. The predicted octanol–water partition coefficient (Wildman–Crippen LogP) is 3.63. The molecule has 3 N–H and O–H groups in total. The van der Waals surface area contributed by atoms with E-state index < -0.39 is 5.92 Å². The highest BCUT2D eigenvalue weighted by atomic mass is 16.5. The van der Waals surface area contributed by atoms with Gasteiger partial charge in [0.15, 0.2) is 0 Å². The van der Waals surface area contributed by atoms with Crippen molar-refractivity contribution in [2.75, 3.05) is 57.8 Å². The van der Waals surface area contributed by atoms with E-state index in [1.165, 1.54) is 0 Å². The van der Waals surface area contributed by atoms with Crippen LogP contribution >= 0.6 is 0 Å². The second-order valence-electron chi connectivity index (χ2n) is 13.4. The number of phenols is 2. The summed E-state index contributed by atoms with van der Waals surface area (Å²) in [7, 11) is 0. The number of hydrogen-bond donors (Lipinski definition) is 3. The van der Waals surface area contributed by atoms with E-state index in [4.69, 9.17) is 4.74 Å². The van der Waals surface area contributed by atoms with Crippen LogP contribution in [0.1, 0.15) is 54.4 Å². The Morgan fingerprint density at radius 3 is 2.24 bits per heavy atom. The molecule has 0 radical (unpaired) electrons. The zero-order chi connectivity index (χ0) is 32.4. The lowest BCUT2D eigenvalue weighted by molar-refractivity contribution is -0.143. The van der Waals surface area contributed by atoms with Gasteiger partial charge in [-0.25, -0.2) is 4.79 Å². The number of benzene rings is 2. The largest absolute Gasteiger partial charge is 0.508 e. The van der Waals surface area contributed by atoms with Gasteiger partial charge in [-0.15, -0.1) is 0 Å². The molecule has 11 nitrogen and oxygen atoms in total. The molecule has 6 rings (SSSR count). The number of nitrogens with one attached hydrogen (secondary N) is 1. The lowest BCUT2D eigenvalue weighted by Gasteiger charge is -2.42. The first kappa shape index (κ1) is 32.1. The number of amides is 4. The molecule has 2 aromatic carbocycles. The third kappa shape index (κ3) is 7.10. The van der Waals surface area contributed by atoms with E-state index in [1.807, 2.05) is 35.8 Å². The van der Waals surface area contributed by atoms with E-state index in [2.05, 4.69) is 10.2 Å². The molecule has 248 valence electrons. The Labute approximate surface area is 271 Å². The standard InChI is InChI=1S/C35H47N5O6/c1-23-17-25(18-24(2)33(23)43)19-26(34(44)39-13-11-37(12-14-39)28-7-15-46-16-8-28)21-32(42)38-9-5-29(6-10-38)40-22-27-20-30(41)3-4-31(27)36-35(40)45/h3-4,17-18,20,26,28-29,41,43H,5-16,19,21-22H2,1-2H3,(H,36,45)/t26-/m0/s1. The molecule has 0 spiro atoms. The number of piperazine rings is 1. The molecule has 3 fully saturated rings. The third-order valence-corrected chi connectivity index (χ3v) is 10.3. The van der Waals surface area contributed by atoms with Gasteiger partial charge in [0.1, 0.15) is 11.5 Å². The summed E-state index contributed by atoms with van der Waals surface area (Å²) in [6.45, 7) is 9.71. The first-order valence-corrected chi connectivity index (χ1v) is 16.7. The van der Waals surface area contributed by atoms with E-state index in [1.54, 1.807) is 23.1 Å². The van der Waals surface area contributed by atoms with Gasteiger partial charge in [0, 0.05) is 83.2 Å². The monoisotopic (exact) mass is 633 g/mol. The van der Waals surface area contributed by atoms with Crippen LogP contribution in [0, 0.1) is 19.8 Å². The molecule has 0 unspecified atom stereocenters. The van der Waals surface area contributed by atoms with Crippen LogP contribution in [0.4, 0.5) is 10.5 Å². The maximum Gasteiger partial charge on any atom is 0.322 e. The lowest BCUT2D eigenvalue weighted by Crippen LogP contribution is -2.54. The second kappa shape index (κ2) is 13.9. The Hall–Kier alpha value is -3.83. The normalized spacial score (nSPS) is 20.7. The fraction of sp³-hybridized carbons (Fsp3) is 0.571. The number of aryl methyl sites for hydroxylation is 2. The van der Waals surface area contributed by atoms with E-state index >= 15 is 0 Å². The summed E-state index contributed by atoms with van der Waals surface area (Å²) >= 11 is 0. The van der Waals surface area contributed by atoms with Crippen molar-refractivity contribution >= 4 is 23.5 Å². The van der Waals surface area contributed by atoms with Crippen molar-refractivity contribution < 1.29 is 29.3 Å². The number of aromatic hydroxyl groups is 2. The number of urea groups is 1. The molecular weight excluding hydrogens is 586 g/mol. The number of fused-ring (bicyclic) bond motifs is 1. The lowest BCUT2D eigenvalue weighted by atomic mass is 9.91. The van der Waals surface area contributed by atoms with Crippen molar-refractivity contribution in [3.8, 4) is 11.5 Å². The molecule has 4 aliphatic rings. The maximum absolute atomic E-state index is 14.1. The topological polar surface area (TPSA) is 126 Å². The van der Waals surface area contributed by atoms with Gasteiger partial charge in [-0.3, -0.25) is 14.5 Å². The van der Waals surface area contributed by atoms with Crippen LogP contribution in [-0.4, -0.2) is 112 Å². The molecule has 0 saturated carbocycles. The first-order chi connectivity index (χ1) is 22.2.